The smallest absolute Gasteiger partial charge is 0.246 e. The van der Waals surface area contributed by atoms with Crippen LogP contribution >= 0.6 is 23.2 Å². The molecule has 11 nitrogen and oxygen atoms in total. The first kappa shape index (κ1) is 26.2. The molecule has 38 heavy (non-hydrogen) atoms. The van der Waals surface area contributed by atoms with Gasteiger partial charge >= 0.3 is 0 Å². The summed E-state index contributed by atoms with van der Waals surface area (Å²) in [7, 11) is 4.78. The van der Waals surface area contributed by atoms with Gasteiger partial charge in [-0.25, -0.2) is 4.98 Å². The van der Waals surface area contributed by atoms with Crippen molar-refractivity contribution in [2.24, 2.45) is 9.98 Å². The summed E-state index contributed by atoms with van der Waals surface area (Å²) in [4.78, 5) is 29.7. The molecule has 0 radical (unpaired) electrons. The van der Waals surface area contributed by atoms with Crippen molar-refractivity contribution in [3.05, 3.63) is 63.4 Å². The Labute approximate surface area is 229 Å². The average molecular weight is 559 g/mol. The van der Waals surface area contributed by atoms with Crippen LogP contribution in [0.3, 0.4) is 0 Å². The molecular formula is C25H28Cl2N8O3. The molecule has 0 spiro atoms. The minimum Gasteiger partial charge on any atom is -0.499 e. The van der Waals surface area contributed by atoms with Crippen LogP contribution in [0.15, 0.2) is 51.3 Å². The van der Waals surface area contributed by atoms with Crippen molar-refractivity contribution < 1.29 is 14.3 Å². The lowest BCUT2D eigenvalue weighted by atomic mass is 10.0. The number of aliphatic imine (C=N–C) groups is 1. The summed E-state index contributed by atoms with van der Waals surface area (Å²) in [5.41, 5.74) is 2.70. The lowest BCUT2D eigenvalue weighted by Gasteiger charge is -2.33. The van der Waals surface area contributed by atoms with E-state index in [4.69, 9.17) is 42.8 Å². The molecule has 1 atom stereocenters. The van der Waals surface area contributed by atoms with Crippen LogP contribution in [-0.2, 0) is 27.4 Å². The third-order valence-corrected chi connectivity index (χ3v) is 7.58. The van der Waals surface area contributed by atoms with Crippen molar-refractivity contribution in [2.45, 2.75) is 18.5 Å². The Morgan fingerprint density at radius 2 is 2.05 bits per heavy atom. The Balaban J connectivity index is 1.66. The first-order valence-corrected chi connectivity index (χ1v) is 12.9. The second kappa shape index (κ2) is 10.8. The zero-order valence-corrected chi connectivity index (χ0v) is 22.9. The van der Waals surface area contributed by atoms with Gasteiger partial charge in [0.05, 0.1) is 25.8 Å². The number of carbonyl (C=O) groups is 1. The zero-order valence-electron chi connectivity index (χ0n) is 21.4. The molecule has 1 fully saturated rings. The van der Waals surface area contributed by atoms with Crippen LogP contribution in [0, 0.1) is 0 Å². The van der Waals surface area contributed by atoms with Gasteiger partial charge in [0.25, 0.3) is 0 Å². The van der Waals surface area contributed by atoms with Crippen molar-refractivity contribution in [1.82, 2.24) is 29.7 Å². The van der Waals surface area contributed by atoms with E-state index < -0.39 is 5.38 Å². The number of halogens is 2. The summed E-state index contributed by atoms with van der Waals surface area (Å²) in [6.07, 6.45) is 3.04. The maximum Gasteiger partial charge on any atom is 0.246 e. The minimum absolute atomic E-state index is 0.0552. The topological polar surface area (TPSA) is 109 Å². The molecule has 1 aliphatic carbocycles. The monoisotopic (exact) mass is 558 g/mol. The molecule has 0 aromatic carbocycles. The van der Waals surface area contributed by atoms with Crippen LogP contribution in [0.4, 0.5) is 0 Å². The van der Waals surface area contributed by atoms with Gasteiger partial charge in [-0.15, -0.1) is 16.7 Å². The fourth-order valence-electron chi connectivity index (χ4n) is 4.75. The number of nitrogens with one attached hydrogen (secondary N) is 1. The minimum atomic E-state index is -0.662. The highest BCUT2D eigenvalue weighted by molar-refractivity contribution is 6.41. The number of pyridine rings is 1. The molecule has 2 aliphatic heterocycles. The van der Waals surface area contributed by atoms with Crippen molar-refractivity contribution in [3.63, 3.8) is 0 Å². The quantitative estimate of drug-likeness (QED) is 0.424. The summed E-state index contributed by atoms with van der Waals surface area (Å²) >= 11 is 13.7. The van der Waals surface area contributed by atoms with Gasteiger partial charge in [-0.05, 0) is 12.1 Å². The van der Waals surface area contributed by atoms with Gasteiger partial charge in [-0.2, -0.15) is 9.51 Å². The van der Waals surface area contributed by atoms with E-state index in [0.717, 1.165) is 5.56 Å². The Kier molecular flexibility index (Phi) is 7.42. The zero-order chi connectivity index (χ0) is 27.0. The molecule has 1 amide bonds. The summed E-state index contributed by atoms with van der Waals surface area (Å²) in [5.74, 6) is 2.02. The molecule has 0 saturated carbocycles. The van der Waals surface area contributed by atoms with E-state index in [0.29, 0.717) is 89.5 Å². The Hall–Kier alpha value is -3.41. The number of allylic oxidation sites excluding steroid dienone is 3. The van der Waals surface area contributed by atoms with Gasteiger partial charge in [0.2, 0.25) is 11.9 Å². The molecule has 13 heteroatoms. The first-order chi connectivity index (χ1) is 18.4. The molecule has 200 valence electrons. The molecule has 3 aliphatic rings. The van der Waals surface area contributed by atoms with Gasteiger partial charge in [0.1, 0.15) is 16.9 Å². The molecular weight excluding hydrogens is 531 g/mol. The molecule has 1 saturated heterocycles. The fourth-order valence-corrected chi connectivity index (χ4v) is 5.52. The van der Waals surface area contributed by atoms with Crippen LogP contribution in [0.5, 0.6) is 0 Å². The van der Waals surface area contributed by atoms with Crippen molar-refractivity contribution in [2.75, 3.05) is 47.4 Å². The number of piperazine rings is 1. The maximum absolute atomic E-state index is 12.0. The normalized spacial score (nSPS) is 22.6. The Morgan fingerprint density at radius 1 is 1.29 bits per heavy atom. The number of hydrogen-bond acceptors (Lipinski definition) is 7. The number of fused-ring (bicyclic) bond motifs is 3. The first-order valence-electron chi connectivity index (χ1n) is 12.1. The van der Waals surface area contributed by atoms with Gasteiger partial charge in [0.15, 0.2) is 17.0 Å². The highest BCUT2D eigenvalue weighted by atomic mass is 35.5. The molecule has 2 aromatic rings. The third kappa shape index (κ3) is 4.65. The molecule has 2 aromatic heterocycles. The second-order valence-corrected chi connectivity index (χ2v) is 9.71. The van der Waals surface area contributed by atoms with Crippen LogP contribution < -0.4 is 16.0 Å². The predicted molar refractivity (Wildman–Crippen MR) is 144 cm³/mol. The lowest BCUT2D eigenvalue weighted by molar-refractivity contribution is -0.127. The number of rotatable bonds is 5. The fraction of sp³-hybridized carbons (Fsp3) is 0.400. The number of guanidine groups is 1. The van der Waals surface area contributed by atoms with Crippen molar-refractivity contribution >= 4 is 46.3 Å². The van der Waals surface area contributed by atoms with E-state index in [1.54, 1.807) is 36.8 Å². The van der Waals surface area contributed by atoms with E-state index >= 15 is 0 Å². The number of aromatic nitrogens is 3. The molecule has 0 bridgehead atoms. The van der Waals surface area contributed by atoms with Crippen molar-refractivity contribution in [1.29, 1.82) is 0 Å². The predicted octanol–water partition coefficient (Wildman–Crippen LogP) is 0.667. The summed E-state index contributed by atoms with van der Waals surface area (Å²) < 4.78 is 12.8. The molecule has 1 unspecified atom stereocenters. The molecule has 4 heterocycles. The van der Waals surface area contributed by atoms with Gasteiger partial charge in [0, 0.05) is 62.2 Å². The number of ether oxygens (including phenoxy) is 2. The summed E-state index contributed by atoms with van der Waals surface area (Å²) in [6, 6.07) is 1.98. The third-order valence-electron chi connectivity index (χ3n) is 6.76. The number of alkyl halides is 1. The maximum atomic E-state index is 12.0. The number of hydrogen-bond donors (Lipinski definition) is 1. The van der Waals surface area contributed by atoms with Crippen LogP contribution in [0.25, 0.3) is 11.2 Å². The summed E-state index contributed by atoms with van der Waals surface area (Å²) in [5, 5.41) is 8.46. The van der Waals surface area contributed by atoms with Gasteiger partial charge in [-0.1, -0.05) is 18.2 Å². The van der Waals surface area contributed by atoms with Crippen LogP contribution in [-0.4, -0.2) is 89.1 Å². The number of carbonyl (C=O) groups excluding carboxylic acids is 1. The van der Waals surface area contributed by atoms with E-state index in [1.807, 2.05) is 6.07 Å². The van der Waals surface area contributed by atoms with E-state index in [-0.39, 0.29) is 5.91 Å². The van der Waals surface area contributed by atoms with Crippen LogP contribution in [0.1, 0.15) is 11.4 Å². The largest absolute Gasteiger partial charge is 0.499 e. The van der Waals surface area contributed by atoms with E-state index in [9.17, 15) is 4.79 Å². The van der Waals surface area contributed by atoms with Gasteiger partial charge in [-0.3, -0.25) is 14.7 Å². The SMILES string of the molecule is C=CC(=O)N1CCN(Cc2nc3c(=C4C(Cl)=C(OC)C=C(OC)C4Cl)cc4c(n3n2)=NC(=NC)NC4)CC1. The summed E-state index contributed by atoms with van der Waals surface area (Å²) in [6.45, 7) is 7.23. The number of nitrogens with zero attached hydrogens (tertiary/aromatic N) is 7. The number of amides is 1. The van der Waals surface area contributed by atoms with Crippen LogP contribution in [0.2, 0.25) is 0 Å². The average Bonchev–Trinajstić information content (AvgIpc) is 3.37. The second-order valence-electron chi connectivity index (χ2n) is 8.90. The lowest BCUT2D eigenvalue weighted by Crippen LogP contribution is -2.47. The van der Waals surface area contributed by atoms with E-state index in [1.165, 1.54) is 6.08 Å². The molecule has 1 N–H and O–H groups in total. The molecule has 5 rings (SSSR count). The highest BCUT2D eigenvalue weighted by Crippen LogP contribution is 2.36. The Morgan fingerprint density at radius 3 is 2.71 bits per heavy atom. The Bertz CT molecular complexity index is 1520. The van der Waals surface area contributed by atoms with E-state index in [2.05, 4.69) is 26.8 Å². The number of methoxy groups -OCH3 is 2. The van der Waals surface area contributed by atoms with Gasteiger partial charge < -0.3 is 19.7 Å². The standard InChI is InChI=1S/C25H28Cl2N8O3/c1-5-19(36)34-8-6-33(7-9-34)13-18-30-24-15(20-21(26)16(37-3)11-17(38-4)22(20)27)10-14-12-29-25(28-2)31-23(14)35(24)32-18/h5,10-11,21H,1,6-9,12-13H2,2-4H3,(H,28,29). The van der Waals surface area contributed by atoms with Crippen molar-refractivity contribution in [3.8, 4) is 0 Å². The highest BCUT2D eigenvalue weighted by Gasteiger charge is 2.30.